The Balaban J connectivity index is 1.95. The fraction of sp³-hybridized carbons (Fsp3) is 0.500. The van der Waals surface area contributed by atoms with Crippen LogP contribution in [0, 0.1) is 5.92 Å². The second kappa shape index (κ2) is 7.11. The van der Waals surface area contributed by atoms with E-state index in [1.807, 2.05) is 0 Å². The molecule has 1 fully saturated rings. The molecule has 2 rings (SSSR count). The van der Waals surface area contributed by atoms with Crippen molar-refractivity contribution in [2.24, 2.45) is 5.92 Å². The van der Waals surface area contributed by atoms with Gasteiger partial charge in [0.15, 0.2) is 23.9 Å². The number of carbonyl (C=O) groups is 2. The van der Waals surface area contributed by atoms with Gasteiger partial charge in [0.25, 0.3) is 0 Å². The average molecular weight is 292 g/mol. The van der Waals surface area contributed by atoms with Crippen molar-refractivity contribution in [1.82, 2.24) is 0 Å². The average Bonchev–Trinajstić information content (AvgIpc) is 3.06. The minimum absolute atomic E-state index is 0.0387. The minimum Gasteiger partial charge on any atom is -0.493 e. The monoisotopic (exact) mass is 292 g/mol. The van der Waals surface area contributed by atoms with Crippen molar-refractivity contribution in [3.05, 3.63) is 23.8 Å². The first kappa shape index (κ1) is 15.4. The van der Waals surface area contributed by atoms with E-state index in [4.69, 9.17) is 14.2 Å². The highest BCUT2D eigenvalue weighted by Gasteiger charge is 2.24. The zero-order valence-electron chi connectivity index (χ0n) is 12.4. The van der Waals surface area contributed by atoms with Crippen molar-refractivity contribution in [2.45, 2.75) is 25.7 Å². The molecule has 5 nitrogen and oxygen atoms in total. The Labute approximate surface area is 124 Å². The van der Waals surface area contributed by atoms with E-state index >= 15 is 0 Å². The Morgan fingerprint density at radius 3 is 2.38 bits per heavy atom. The molecule has 0 atom stereocenters. The van der Waals surface area contributed by atoms with Crippen molar-refractivity contribution in [3.63, 3.8) is 0 Å². The molecule has 1 aromatic carbocycles. The van der Waals surface area contributed by atoms with Gasteiger partial charge in [0.1, 0.15) is 0 Å². The van der Waals surface area contributed by atoms with Gasteiger partial charge < -0.3 is 14.2 Å². The number of carbonyl (C=O) groups excluding carboxylic acids is 2. The number of hydrogen-bond acceptors (Lipinski definition) is 5. The maximum Gasteiger partial charge on any atom is 0.309 e. The van der Waals surface area contributed by atoms with Crippen molar-refractivity contribution >= 4 is 11.8 Å². The number of hydrogen-bond donors (Lipinski definition) is 0. The highest BCUT2D eigenvalue weighted by molar-refractivity contribution is 5.98. The number of methoxy groups -OCH3 is 2. The van der Waals surface area contributed by atoms with Crippen LogP contribution in [0.15, 0.2) is 18.2 Å². The largest absolute Gasteiger partial charge is 0.493 e. The topological polar surface area (TPSA) is 61.8 Å². The normalized spacial score (nSPS) is 14.8. The SMILES string of the molecule is COc1ccc(C(=O)COC(=O)C2CCCC2)cc1OC. The predicted octanol–water partition coefficient (Wildman–Crippen LogP) is 2.62. The van der Waals surface area contributed by atoms with Crippen LogP contribution in [0.5, 0.6) is 11.5 Å². The van der Waals surface area contributed by atoms with Crippen LogP contribution < -0.4 is 9.47 Å². The maximum atomic E-state index is 12.1. The molecule has 1 aliphatic rings. The second-order valence-corrected chi connectivity index (χ2v) is 5.08. The Hall–Kier alpha value is -2.04. The van der Waals surface area contributed by atoms with E-state index in [0.717, 1.165) is 25.7 Å². The summed E-state index contributed by atoms with van der Waals surface area (Å²) in [4.78, 5) is 23.8. The first-order valence-corrected chi connectivity index (χ1v) is 7.07. The summed E-state index contributed by atoms with van der Waals surface area (Å²) in [7, 11) is 3.04. The first-order valence-electron chi connectivity index (χ1n) is 7.07. The summed E-state index contributed by atoms with van der Waals surface area (Å²) in [5.74, 6) is 0.481. The molecule has 1 aliphatic carbocycles. The highest BCUT2D eigenvalue weighted by atomic mass is 16.5. The molecule has 0 spiro atoms. The van der Waals surface area contributed by atoms with Gasteiger partial charge in [-0.05, 0) is 31.0 Å². The van der Waals surface area contributed by atoms with Crippen LogP contribution in [0.1, 0.15) is 36.0 Å². The summed E-state index contributed by atoms with van der Waals surface area (Å²) in [5.41, 5.74) is 0.437. The second-order valence-electron chi connectivity index (χ2n) is 5.08. The summed E-state index contributed by atoms with van der Waals surface area (Å²) in [5, 5.41) is 0. The van der Waals surface area contributed by atoms with Gasteiger partial charge in [-0.2, -0.15) is 0 Å². The molecular weight excluding hydrogens is 272 g/mol. The van der Waals surface area contributed by atoms with Gasteiger partial charge in [0.2, 0.25) is 0 Å². The molecule has 0 heterocycles. The van der Waals surface area contributed by atoms with Gasteiger partial charge in [0, 0.05) is 5.56 Å². The number of esters is 1. The number of rotatable bonds is 6. The third-order valence-corrected chi connectivity index (χ3v) is 3.74. The number of ether oxygens (including phenoxy) is 3. The van der Waals surface area contributed by atoms with Crippen molar-refractivity contribution < 1.29 is 23.8 Å². The lowest BCUT2D eigenvalue weighted by Gasteiger charge is -2.11. The predicted molar refractivity (Wildman–Crippen MR) is 76.8 cm³/mol. The van der Waals surface area contributed by atoms with Gasteiger partial charge in [-0.25, -0.2) is 0 Å². The lowest BCUT2D eigenvalue weighted by molar-refractivity contribution is -0.147. The molecule has 0 N–H and O–H groups in total. The Bertz CT molecular complexity index is 517. The maximum absolute atomic E-state index is 12.1. The van der Waals surface area contributed by atoms with E-state index < -0.39 is 0 Å². The molecular formula is C16H20O5. The smallest absolute Gasteiger partial charge is 0.309 e. The zero-order valence-corrected chi connectivity index (χ0v) is 12.4. The molecule has 21 heavy (non-hydrogen) atoms. The van der Waals surface area contributed by atoms with Gasteiger partial charge >= 0.3 is 5.97 Å². The minimum atomic E-state index is -0.263. The quantitative estimate of drug-likeness (QED) is 0.596. The van der Waals surface area contributed by atoms with Crippen LogP contribution in [-0.2, 0) is 9.53 Å². The van der Waals surface area contributed by atoms with Crippen LogP contribution in [0.2, 0.25) is 0 Å². The third kappa shape index (κ3) is 3.74. The van der Waals surface area contributed by atoms with E-state index in [1.54, 1.807) is 18.2 Å². The highest BCUT2D eigenvalue weighted by Crippen LogP contribution is 2.28. The lowest BCUT2D eigenvalue weighted by Crippen LogP contribution is -2.19. The van der Waals surface area contributed by atoms with Crippen LogP contribution >= 0.6 is 0 Å². The zero-order chi connectivity index (χ0) is 15.2. The Morgan fingerprint density at radius 2 is 1.76 bits per heavy atom. The van der Waals surface area contributed by atoms with E-state index in [0.29, 0.717) is 17.1 Å². The number of benzene rings is 1. The summed E-state index contributed by atoms with van der Waals surface area (Å²) in [6.07, 6.45) is 3.85. The summed E-state index contributed by atoms with van der Waals surface area (Å²) < 4.78 is 15.4. The van der Waals surface area contributed by atoms with Gasteiger partial charge in [-0.15, -0.1) is 0 Å². The molecule has 5 heteroatoms. The number of ketones is 1. The molecule has 0 unspecified atom stereocenters. The van der Waals surface area contributed by atoms with Gasteiger partial charge in [-0.1, -0.05) is 12.8 Å². The van der Waals surface area contributed by atoms with E-state index in [1.165, 1.54) is 14.2 Å². The molecule has 0 saturated heterocycles. The van der Waals surface area contributed by atoms with E-state index in [2.05, 4.69) is 0 Å². The summed E-state index contributed by atoms with van der Waals surface area (Å²) in [6.45, 7) is -0.231. The fourth-order valence-electron chi connectivity index (χ4n) is 2.51. The molecule has 0 radical (unpaired) electrons. The first-order chi connectivity index (χ1) is 10.2. The molecule has 1 saturated carbocycles. The Morgan fingerprint density at radius 1 is 1.10 bits per heavy atom. The van der Waals surface area contributed by atoms with E-state index in [9.17, 15) is 9.59 Å². The molecule has 0 aliphatic heterocycles. The van der Waals surface area contributed by atoms with Crippen molar-refractivity contribution in [2.75, 3.05) is 20.8 Å². The third-order valence-electron chi connectivity index (χ3n) is 3.74. The lowest BCUT2D eigenvalue weighted by atomic mass is 10.1. The molecule has 114 valence electrons. The van der Waals surface area contributed by atoms with Crippen molar-refractivity contribution in [3.8, 4) is 11.5 Å². The number of Topliss-reactive ketones (excluding diaryl/α,β-unsaturated/α-hetero) is 1. The summed E-state index contributed by atoms with van der Waals surface area (Å²) in [6, 6.07) is 4.88. The van der Waals surface area contributed by atoms with Crippen LogP contribution in [0.25, 0.3) is 0 Å². The summed E-state index contributed by atoms with van der Waals surface area (Å²) >= 11 is 0. The fourth-order valence-corrected chi connectivity index (χ4v) is 2.51. The van der Waals surface area contributed by atoms with Crippen LogP contribution in [0.4, 0.5) is 0 Å². The molecule has 0 amide bonds. The molecule has 0 bridgehead atoms. The van der Waals surface area contributed by atoms with Crippen LogP contribution in [0.3, 0.4) is 0 Å². The molecule has 1 aromatic rings. The Kier molecular flexibility index (Phi) is 5.20. The molecule has 0 aromatic heterocycles. The van der Waals surface area contributed by atoms with E-state index in [-0.39, 0.29) is 24.3 Å². The standard InChI is InChI=1S/C16H20O5/c1-19-14-8-7-12(9-15(14)20-2)13(17)10-21-16(18)11-5-3-4-6-11/h7-9,11H,3-6,10H2,1-2H3. The van der Waals surface area contributed by atoms with Crippen LogP contribution in [-0.4, -0.2) is 32.6 Å². The van der Waals surface area contributed by atoms with Gasteiger partial charge in [-0.3, -0.25) is 9.59 Å². The van der Waals surface area contributed by atoms with Gasteiger partial charge in [0.05, 0.1) is 20.1 Å². The van der Waals surface area contributed by atoms with Crippen molar-refractivity contribution in [1.29, 1.82) is 0 Å².